The number of hydrogen-bond acceptors (Lipinski definition) is 3. The van der Waals surface area contributed by atoms with Gasteiger partial charge in [0.15, 0.2) is 5.78 Å². The van der Waals surface area contributed by atoms with Gasteiger partial charge in [0.1, 0.15) is 5.78 Å². The maximum absolute atomic E-state index is 12.3. The third-order valence-corrected chi connectivity index (χ3v) is 4.56. The molecule has 1 aliphatic rings. The van der Waals surface area contributed by atoms with Crippen molar-refractivity contribution in [3.63, 3.8) is 0 Å². The maximum atomic E-state index is 12.3. The van der Waals surface area contributed by atoms with Crippen molar-refractivity contribution in [3.05, 3.63) is 64.2 Å². The molecule has 23 heavy (non-hydrogen) atoms. The van der Waals surface area contributed by atoms with Crippen molar-refractivity contribution in [1.29, 1.82) is 0 Å². The second-order valence-electron chi connectivity index (χ2n) is 6.39. The Morgan fingerprint density at radius 1 is 1.13 bits per heavy atom. The van der Waals surface area contributed by atoms with Gasteiger partial charge in [-0.15, -0.1) is 0 Å². The van der Waals surface area contributed by atoms with E-state index in [0.29, 0.717) is 18.4 Å². The molecular weight excluding hydrogens is 286 g/mol. The number of aryl methyl sites for hydroxylation is 2. The van der Waals surface area contributed by atoms with Crippen LogP contribution in [0.25, 0.3) is 0 Å². The molecule has 0 aromatic heterocycles. The van der Waals surface area contributed by atoms with Crippen LogP contribution in [0.1, 0.15) is 52.0 Å². The van der Waals surface area contributed by atoms with Crippen LogP contribution in [0.2, 0.25) is 0 Å². The van der Waals surface area contributed by atoms with E-state index in [0.717, 1.165) is 16.8 Å². The number of carbonyl (C=O) groups excluding carboxylic acids is 2. The number of anilines is 1. The van der Waals surface area contributed by atoms with Crippen molar-refractivity contribution in [3.8, 4) is 0 Å². The van der Waals surface area contributed by atoms with Gasteiger partial charge in [0, 0.05) is 24.1 Å². The SMILES string of the molecule is CC(=O)c1cccc(C2CC(=O)Cc3cc(C)c(C)cc3N2)c1. The highest BCUT2D eigenvalue weighted by molar-refractivity contribution is 5.94. The molecule has 1 atom stereocenters. The first kappa shape index (κ1) is 15.5. The highest BCUT2D eigenvalue weighted by Gasteiger charge is 2.23. The number of hydrogen-bond donors (Lipinski definition) is 1. The first-order valence-electron chi connectivity index (χ1n) is 7.93. The monoisotopic (exact) mass is 307 g/mol. The number of Topliss-reactive ketones (excluding diaryl/α,β-unsaturated/α-hetero) is 2. The molecule has 0 aliphatic carbocycles. The van der Waals surface area contributed by atoms with Crippen LogP contribution in [0.5, 0.6) is 0 Å². The molecule has 0 spiro atoms. The predicted octanol–water partition coefficient (Wildman–Crippen LogP) is 4.17. The van der Waals surface area contributed by atoms with Crippen LogP contribution in [0, 0.1) is 13.8 Å². The minimum atomic E-state index is -0.0924. The van der Waals surface area contributed by atoms with E-state index in [2.05, 4.69) is 31.3 Å². The van der Waals surface area contributed by atoms with Crippen LogP contribution in [0.15, 0.2) is 36.4 Å². The third kappa shape index (κ3) is 3.19. The average Bonchev–Trinajstić information content (AvgIpc) is 2.66. The minimum absolute atomic E-state index is 0.0404. The highest BCUT2D eigenvalue weighted by Crippen LogP contribution is 2.32. The smallest absolute Gasteiger partial charge is 0.159 e. The molecule has 0 saturated heterocycles. The maximum Gasteiger partial charge on any atom is 0.159 e. The molecule has 3 heteroatoms. The highest BCUT2D eigenvalue weighted by atomic mass is 16.1. The fourth-order valence-electron chi connectivity index (χ4n) is 3.08. The van der Waals surface area contributed by atoms with E-state index in [1.165, 1.54) is 11.1 Å². The summed E-state index contributed by atoms with van der Waals surface area (Å²) in [6.07, 6.45) is 0.903. The predicted molar refractivity (Wildman–Crippen MR) is 92.1 cm³/mol. The molecule has 0 fully saturated rings. The topological polar surface area (TPSA) is 46.2 Å². The van der Waals surface area contributed by atoms with Crippen LogP contribution in [0.3, 0.4) is 0 Å². The second kappa shape index (κ2) is 5.99. The van der Waals surface area contributed by atoms with E-state index in [9.17, 15) is 9.59 Å². The van der Waals surface area contributed by atoms with Gasteiger partial charge in [-0.2, -0.15) is 0 Å². The Kier molecular flexibility index (Phi) is 4.03. The zero-order chi connectivity index (χ0) is 16.6. The third-order valence-electron chi connectivity index (χ3n) is 4.56. The fraction of sp³-hybridized carbons (Fsp3) is 0.300. The molecule has 3 nitrogen and oxygen atoms in total. The largest absolute Gasteiger partial charge is 0.378 e. The number of fused-ring (bicyclic) bond motifs is 1. The Bertz CT molecular complexity index is 792. The molecule has 0 amide bonds. The van der Waals surface area contributed by atoms with Crippen molar-refractivity contribution < 1.29 is 9.59 Å². The van der Waals surface area contributed by atoms with Gasteiger partial charge in [0.05, 0.1) is 6.04 Å². The van der Waals surface area contributed by atoms with E-state index in [-0.39, 0.29) is 17.6 Å². The summed E-state index contributed by atoms with van der Waals surface area (Å²) in [7, 11) is 0. The molecule has 2 aromatic carbocycles. The number of nitrogens with one attached hydrogen (secondary N) is 1. The zero-order valence-corrected chi connectivity index (χ0v) is 13.8. The molecule has 1 heterocycles. The minimum Gasteiger partial charge on any atom is -0.378 e. The van der Waals surface area contributed by atoms with Gasteiger partial charge >= 0.3 is 0 Å². The summed E-state index contributed by atoms with van der Waals surface area (Å²) in [5, 5.41) is 3.51. The summed E-state index contributed by atoms with van der Waals surface area (Å²) in [4.78, 5) is 23.9. The zero-order valence-electron chi connectivity index (χ0n) is 13.8. The van der Waals surface area contributed by atoms with Gasteiger partial charge in [-0.05, 0) is 55.2 Å². The molecule has 0 bridgehead atoms. The van der Waals surface area contributed by atoms with E-state index < -0.39 is 0 Å². The first-order chi connectivity index (χ1) is 10.9. The molecule has 1 aliphatic heterocycles. The summed E-state index contributed by atoms with van der Waals surface area (Å²) in [5.74, 6) is 0.261. The van der Waals surface area contributed by atoms with Gasteiger partial charge < -0.3 is 5.32 Å². The Morgan fingerprint density at radius 2 is 1.87 bits per heavy atom. The summed E-state index contributed by atoms with van der Waals surface area (Å²) in [5.41, 5.74) is 6.16. The van der Waals surface area contributed by atoms with E-state index in [1.54, 1.807) is 6.92 Å². The summed E-state index contributed by atoms with van der Waals surface area (Å²) >= 11 is 0. The fourth-order valence-corrected chi connectivity index (χ4v) is 3.08. The molecule has 1 unspecified atom stereocenters. The van der Waals surface area contributed by atoms with Gasteiger partial charge in [-0.25, -0.2) is 0 Å². The van der Waals surface area contributed by atoms with Crippen LogP contribution < -0.4 is 5.32 Å². The Labute approximate surface area is 136 Å². The van der Waals surface area contributed by atoms with Gasteiger partial charge in [-0.1, -0.05) is 24.3 Å². The molecule has 3 rings (SSSR count). The summed E-state index contributed by atoms with van der Waals surface area (Å²) in [6.45, 7) is 5.71. The van der Waals surface area contributed by atoms with Crippen molar-refractivity contribution >= 4 is 17.3 Å². The standard InChI is InChI=1S/C20H21NO2/c1-12-7-17-10-18(23)11-20(21-19(17)8-13(12)2)16-6-4-5-15(9-16)14(3)22/h4-9,20-21H,10-11H2,1-3H3. The van der Waals surface area contributed by atoms with Gasteiger partial charge in [0.2, 0.25) is 0 Å². The van der Waals surface area contributed by atoms with Gasteiger partial charge in [0.25, 0.3) is 0 Å². The van der Waals surface area contributed by atoms with Crippen molar-refractivity contribution in [1.82, 2.24) is 0 Å². The van der Waals surface area contributed by atoms with Crippen molar-refractivity contribution in [2.75, 3.05) is 5.32 Å². The molecule has 0 radical (unpaired) electrons. The van der Waals surface area contributed by atoms with Gasteiger partial charge in [-0.3, -0.25) is 9.59 Å². The molecule has 0 saturated carbocycles. The Morgan fingerprint density at radius 3 is 2.61 bits per heavy atom. The lowest BCUT2D eigenvalue weighted by Crippen LogP contribution is -2.13. The quantitative estimate of drug-likeness (QED) is 0.847. The second-order valence-corrected chi connectivity index (χ2v) is 6.39. The Hall–Kier alpha value is -2.42. The van der Waals surface area contributed by atoms with Crippen LogP contribution >= 0.6 is 0 Å². The molecule has 2 aromatic rings. The molecule has 1 N–H and O–H groups in total. The summed E-state index contributed by atoms with van der Waals surface area (Å²) < 4.78 is 0. The van der Waals surface area contributed by atoms with Crippen LogP contribution in [-0.4, -0.2) is 11.6 Å². The molecular formula is C20H21NO2. The Balaban J connectivity index is 2.00. The van der Waals surface area contributed by atoms with Crippen molar-refractivity contribution in [2.45, 2.75) is 39.7 Å². The normalized spacial score (nSPS) is 17.2. The average molecular weight is 307 g/mol. The number of carbonyl (C=O) groups is 2. The van der Waals surface area contributed by atoms with E-state index >= 15 is 0 Å². The lowest BCUT2D eigenvalue weighted by Gasteiger charge is -2.19. The number of benzene rings is 2. The van der Waals surface area contributed by atoms with E-state index in [4.69, 9.17) is 0 Å². The van der Waals surface area contributed by atoms with Crippen LogP contribution in [0.4, 0.5) is 5.69 Å². The number of rotatable bonds is 2. The first-order valence-corrected chi connectivity index (χ1v) is 7.93. The lowest BCUT2D eigenvalue weighted by molar-refractivity contribution is -0.118. The lowest BCUT2D eigenvalue weighted by atomic mass is 9.98. The van der Waals surface area contributed by atoms with Crippen molar-refractivity contribution in [2.24, 2.45) is 0 Å². The number of ketones is 2. The molecule has 118 valence electrons. The summed E-state index contributed by atoms with van der Waals surface area (Å²) in [6, 6.07) is 11.7. The van der Waals surface area contributed by atoms with E-state index in [1.807, 2.05) is 24.3 Å². The van der Waals surface area contributed by atoms with Crippen LogP contribution in [-0.2, 0) is 11.2 Å².